The van der Waals surface area contributed by atoms with Crippen molar-refractivity contribution in [2.45, 2.75) is 32.6 Å². The van der Waals surface area contributed by atoms with E-state index < -0.39 is 5.97 Å². The van der Waals surface area contributed by atoms with Crippen LogP contribution in [0, 0.1) is 18.8 Å². The zero-order valence-electron chi connectivity index (χ0n) is 13.5. The van der Waals surface area contributed by atoms with E-state index in [0.29, 0.717) is 31.4 Å². The second-order valence-corrected chi connectivity index (χ2v) is 6.17. The van der Waals surface area contributed by atoms with Gasteiger partial charge in [0.2, 0.25) is 5.91 Å². The Hall–Kier alpha value is -2.70. The van der Waals surface area contributed by atoms with Crippen molar-refractivity contribution in [1.82, 2.24) is 14.8 Å². The van der Waals surface area contributed by atoms with Gasteiger partial charge in [0.25, 0.3) is 0 Å². The number of hydrogen-bond acceptors (Lipinski definition) is 4. The predicted molar refractivity (Wildman–Crippen MR) is 87.8 cm³/mol. The minimum Gasteiger partial charge on any atom is -0.481 e. The summed E-state index contributed by atoms with van der Waals surface area (Å²) in [6, 6.07) is 7.50. The summed E-state index contributed by atoms with van der Waals surface area (Å²) in [7, 11) is 0. The van der Waals surface area contributed by atoms with Gasteiger partial charge in [0.15, 0.2) is 0 Å². The number of aromatic nitrogens is 3. The third-order valence-electron chi connectivity index (χ3n) is 4.56. The summed E-state index contributed by atoms with van der Waals surface area (Å²) < 4.78 is 1.84. The number of amides is 1. The number of aliphatic carboxylic acids is 1. The number of aryl methyl sites for hydroxylation is 1. The first-order chi connectivity index (χ1) is 11.5. The van der Waals surface area contributed by atoms with Crippen molar-refractivity contribution in [2.75, 3.05) is 5.32 Å². The van der Waals surface area contributed by atoms with Gasteiger partial charge in [-0.05, 0) is 50.8 Å². The molecule has 126 valence electrons. The van der Waals surface area contributed by atoms with Crippen LogP contribution in [0.25, 0.3) is 5.69 Å². The Bertz CT molecular complexity index is 748. The number of carbonyl (C=O) groups is 2. The molecule has 1 aromatic carbocycles. The summed E-state index contributed by atoms with van der Waals surface area (Å²) in [5, 5.41) is 19.8. The lowest BCUT2D eigenvalue weighted by Gasteiger charge is -2.25. The number of carbonyl (C=O) groups excluding carboxylic acids is 1. The quantitative estimate of drug-likeness (QED) is 0.898. The first-order valence-electron chi connectivity index (χ1n) is 8.05. The van der Waals surface area contributed by atoms with Crippen molar-refractivity contribution in [1.29, 1.82) is 0 Å². The number of hydrogen-bond donors (Lipinski definition) is 2. The van der Waals surface area contributed by atoms with E-state index in [4.69, 9.17) is 5.11 Å². The molecule has 1 amide bonds. The lowest BCUT2D eigenvalue weighted by Crippen LogP contribution is -2.29. The molecule has 0 aliphatic heterocycles. The summed E-state index contributed by atoms with van der Waals surface area (Å²) >= 11 is 0. The highest BCUT2D eigenvalue weighted by atomic mass is 16.4. The molecule has 1 heterocycles. The fourth-order valence-corrected chi connectivity index (χ4v) is 3.13. The Labute approximate surface area is 139 Å². The van der Waals surface area contributed by atoms with E-state index in [1.807, 2.05) is 35.8 Å². The van der Waals surface area contributed by atoms with E-state index >= 15 is 0 Å². The van der Waals surface area contributed by atoms with Crippen LogP contribution in [0.4, 0.5) is 5.69 Å². The van der Waals surface area contributed by atoms with Crippen LogP contribution in [0.15, 0.2) is 30.6 Å². The van der Waals surface area contributed by atoms with Gasteiger partial charge in [0.1, 0.15) is 12.2 Å². The molecule has 1 saturated carbocycles. The molecule has 0 saturated heterocycles. The number of nitrogens with zero attached hydrogens (tertiary/aromatic N) is 3. The van der Waals surface area contributed by atoms with Gasteiger partial charge < -0.3 is 10.4 Å². The van der Waals surface area contributed by atoms with E-state index in [9.17, 15) is 9.59 Å². The monoisotopic (exact) mass is 328 g/mol. The van der Waals surface area contributed by atoms with E-state index in [2.05, 4.69) is 15.5 Å². The molecule has 7 nitrogen and oxygen atoms in total. The molecule has 1 aliphatic rings. The average Bonchev–Trinajstić information content (AvgIpc) is 3.01. The first-order valence-corrected chi connectivity index (χ1v) is 8.05. The van der Waals surface area contributed by atoms with Crippen molar-refractivity contribution < 1.29 is 14.7 Å². The van der Waals surface area contributed by atoms with Gasteiger partial charge in [-0.25, -0.2) is 0 Å². The van der Waals surface area contributed by atoms with Gasteiger partial charge in [0, 0.05) is 11.6 Å². The van der Waals surface area contributed by atoms with Crippen LogP contribution < -0.4 is 5.32 Å². The molecule has 3 rings (SSSR count). The van der Waals surface area contributed by atoms with Crippen LogP contribution in [0.5, 0.6) is 0 Å². The smallest absolute Gasteiger partial charge is 0.306 e. The zero-order valence-corrected chi connectivity index (χ0v) is 13.5. The van der Waals surface area contributed by atoms with E-state index in [0.717, 1.165) is 11.5 Å². The fraction of sp³-hybridized carbons (Fsp3) is 0.412. The highest BCUT2D eigenvalue weighted by Crippen LogP contribution is 2.30. The van der Waals surface area contributed by atoms with Gasteiger partial charge in [-0.2, -0.15) is 0 Å². The minimum absolute atomic E-state index is 0.0449. The molecule has 0 bridgehead atoms. The molecular weight excluding hydrogens is 308 g/mol. The molecule has 1 fully saturated rings. The van der Waals surface area contributed by atoms with E-state index in [1.165, 1.54) is 0 Å². The number of benzene rings is 1. The number of carboxylic acid groups (broad SMARTS) is 1. The van der Waals surface area contributed by atoms with Crippen molar-refractivity contribution >= 4 is 17.6 Å². The normalized spacial score (nSPS) is 20.5. The summed E-state index contributed by atoms with van der Waals surface area (Å²) in [4.78, 5) is 23.4. The molecule has 0 atom stereocenters. The molecule has 0 unspecified atom stereocenters. The molecule has 0 spiro atoms. The summed E-state index contributed by atoms with van der Waals surface area (Å²) in [5.41, 5.74) is 1.59. The maximum absolute atomic E-state index is 12.4. The molecule has 0 radical (unpaired) electrons. The lowest BCUT2D eigenvalue weighted by atomic mass is 9.81. The highest BCUT2D eigenvalue weighted by molar-refractivity contribution is 5.93. The second kappa shape index (κ2) is 6.82. The lowest BCUT2D eigenvalue weighted by molar-refractivity contribution is -0.143. The Morgan fingerprint density at radius 3 is 2.54 bits per heavy atom. The predicted octanol–water partition coefficient (Wildman–Crippen LogP) is 2.41. The van der Waals surface area contributed by atoms with Crippen LogP contribution in [-0.4, -0.2) is 31.7 Å². The Morgan fingerprint density at radius 2 is 1.92 bits per heavy atom. The van der Waals surface area contributed by atoms with Crippen molar-refractivity contribution in [3.63, 3.8) is 0 Å². The zero-order chi connectivity index (χ0) is 17.1. The molecule has 1 aliphatic carbocycles. The third kappa shape index (κ3) is 3.45. The summed E-state index contributed by atoms with van der Waals surface area (Å²) in [6.45, 7) is 1.86. The van der Waals surface area contributed by atoms with Crippen molar-refractivity contribution in [3.05, 3.63) is 36.4 Å². The average molecular weight is 328 g/mol. The standard InChI is InChI=1S/C17H20N4O3/c1-11-20-18-10-21(11)15-4-2-3-14(9-15)19-16(22)12-5-7-13(8-6-12)17(23)24/h2-4,9-10,12-13H,5-8H2,1H3,(H,19,22)(H,23,24). The second-order valence-electron chi connectivity index (χ2n) is 6.17. The van der Waals surface area contributed by atoms with Crippen LogP contribution in [0.3, 0.4) is 0 Å². The van der Waals surface area contributed by atoms with Gasteiger partial charge in [-0.15, -0.1) is 10.2 Å². The van der Waals surface area contributed by atoms with Gasteiger partial charge >= 0.3 is 5.97 Å². The maximum atomic E-state index is 12.4. The number of anilines is 1. The van der Waals surface area contributed by atoms with Crippen molar-refractivity contribution in [3.8, 4) is 5.69 Å². The Kier molecular flexibility index (Phi) is 4.59. The number of rotatable bonds is 4. The maximum Gasteiger partial charge on any atom is 0.306 e. The first kappa shape index (κ1) is 16.2. The Balaban J connectivity index is 1.65. The minimum atomic E-state index is -0.758. The summed E-state index contributed by atoms with van der Waals surface area (Å²) in [6.07, 6.45) is 3.99. The summed E-state index contributed by atoms with van der Waals surface area (Å²) in [5.74, 6) is -0.470. The third-order valence-corrected chi connectivity index (χ3v) is 4.56. The Morgan fingerprint density at radius 1 is 1.21 bits per heavy atom. The van der Waals surface area contributed by atoms with Gasteiger partial charge in [-0.3, -0.25) is 14.2 Å². The number of carboxylic acids is 1. The molecule has 2 N–H and O–H groups in total. The van der Waals surface area contributed by atoms with Crippen LogP contribution in [-0.2, 0) is 9.59 Å². The fourth-order valence-electron chi connectivity index (χ4n) is 3.13. The van der Waals surface area contributed by atoms with Crippen LogP contribution >= 0.6 is 0 Å². The highest BCUT2D eigenvalue weighted by Gasteiger charge is 2.29. The van der Waals surface area contributed by atoms with Gasteiger partial charge in [0.05, 0.1) is 11.6 Å². The van der Waals surface area contributed by atoms with Gasteiger partial charge in [-0.1, -0.05) is 6.07 Å². The SMILES string of the molecule is Cc1nncn1-c1cccc(NC(=O)C2CCC(C(=O)O)CC2)c1. The molecule has 7 heteroatoms. The molecule has 1 aromatic heterocycles. The van der Waals surface area contributed by atoms with E-state index in [1.54, 1.807) is 6.33 Å². The van der Waals surface area contributed by atoms with Crippen LogP contribution in [0.1, 0.15) is 31.5 Å². The largest absolute Gasteiger partial charge is 0.481 e. The molecular formula is C17H20N4O3. The van der Waals surface area contributed by atoms with Crippen LogP contribution in [0.2, 0.25) is 0 Å². The number of nitrogens with one attached hydrogen (secondary N) is 1. The topological polar surface area (TPSA) is 97.1 Å². The van der Waals surface area contributed by atoms with Crippen molar-refractivity contribution in [2.24, 2.45) is 11.8 Å². The molecule has 2 aromatic rings. The molecule has 24 heavy (non-hydrogen) atoms. The van der Waals surface area contributed by atoms with E-state index in [-0.39, 0.29) is 17.7 Å².